The molecule has 0 N–H and O–H groups in total. The molecule has 0 heterocycles. The molecule has 0 aromatic rings. The molecule has 0 aliphatic rings. The van der Waals surface area contributed by atoms with E-state index in [1.807, 2.05) is 0 Å². The van der Waals surface area contributed by atoms with Crippen LogP contribution in [-0.2, 0) is 0 Å². The van der Waals surface area contributed by atoms with Crippen LogP contribution in [0.5, 0.6) is 0 Å². The van der Waals surface area contributed by atoms with Crippen LogP contribution in [0.15, 0.2) is 23.8 Å². The first-order valence-electron chi connectivity index (χ1n) is 5.34. The fourth-order valence-corrected chi connectivity index (χ4v) is 2.02. The quantitative estimate of drug-likeness (QED) is 0.537. The summed E-state index contributed by atoms with van der Waals surface area (Å²) in [5.41, 5.74) is 3.04. The Bertz CT molecular complexity index is 194. The molecule has 13 heavy (non-hydrogen) atoms. The molecule has 0 aromatic carbocycles. The summed E-state index contributed by atoms with van der Waals surface area (Å²) in [5, 5.41) is 0. The smallest absolute Gasteiger partial charge is 0.0104 e. The van der Waals surface area contributed by atoms with E-state index in [1.165, 1.54) is 24.0 Å². The molecule has 0 aliphatic carbocycles. The van der Waals surface area contributed by atoms with Crippen LogP contribution in [0.25, 0.3) is 0 Å². The summed E-state index contributed by atoms with van der Waals surface area (Å²) in [4.78, 5) is 0. The maximum Gasteiger partial charge on any atom is -0.0104 e. The lowest BCUT2D eigenvalue weighted by Gasteiger charge is -2.29. The molecule has 0 saturated heterocycles. The summed E-state index contributed by atoms with van der Waals surface area (Å²) in [6, 6.07) is 0. The van der Waals surface area contributed by atoms with Crippen molar-refractivity contribution < 1.29 is 0 Å². The van der Waals surface area contributed by atoms with Gasteiger partial charge in [-0.1, -0.05) is 52.3 Å². The van der Waals surface area contributed by atoms with Gasteiger partial charge in [0.1, 0.15) is 0 Å². The Kier molecular flexibility index (Phi) is 5.05. The van der Waals surface area contributed by atoms with E-state index in [1.54, 1.807) is 0 Å². The highest BCUT2D eigenvalue weighted by Crippen LogP contribution is 2.36. The Hall–Kier alpha value is -0.520. The van der Waals surface area contributed by atoms with E-state index in [4.69, 9.17) is 0 Å². The second kappa shape index (κ2) is 5.26. The summed E-state index contributed by atoms with van der Waals surface area (Å²) in [6.07, 6.45) is 5.77. The van der Waals surface area contributed by atoms with E-state index < -0.39 is 0 Å². The SMILES string of the molecule is C=C(CC)/C(=C/C)C(C)(C)CCC. The van der Waals surface area contributed by atoms with Gasteiger partial charge in [0.25, 0.3) is 0 Å². The Balaban J connectivity index is 4.67. The van der Waals surface area contributed by atoms with Crippen LogP contribution in [0.4, 0.5) is 0 Å². The minimum atomic E-state index is 0.302. The van der Waals surface area contributed by atoms with E-state index in [-0.39, 0.29) is 0 Å². The van der Waals surface area contributed by atoms with E-state index in [2.05, 4.69) is 47.3 Å². The second-order valence-corrected chi connectivity index (χ2v) is 4.29. The van der Waals surface area contributed by atoms with Crippen molar-refractivity contribution in [3.63, 3.8) is 0 Å². The Morgan fingerprint density at radius 1 is 1.31 bits per heavy atom. The van der Waals surface area contributed by atoms with Crippen LogP contribution in [-0.4, -0.2) is 0 Å². The molecule has 0 fully saturated rings. The normalized spacial score (nSPS) is 13.2. The number of rotatable bonds is 5. The molecular weight excluding hydrogens is 156 g/mol. The molecule has 0 unspecified atom stereocenters. The van der Waals surface area contributed by atoms with Gasteiger partial charge in [0.15, 0.2) is 0 Å². The maximum atomic E-state index is 4.12. The highest BCUT2D eigenvalue weighted by atomic mass is 14.3. The minimum absolute atomic E-state index is 0.302. The Morgan fingerprint density at radius 3 is 2.15 bits per heavy atom. The third-order valence-electron chi connectivity index (χ3n) is 2.70. The van der Waals surface area contributed by atoms with Crippen LogP contribution in [0.1, 0.15) is 53.9 Å². The predicted octanol–water partition coefficient (Wildman–Crippen LogP) is 4.73. The van der Waals surface area contributed by atoms with E-state index in [9.17, 15) is 0 Å². The van der Waals surface area contributed by atoms with Crippen LogP contribution in [0.2, 0.25) is 0 Å². The number of hydrogen-bond donors (Lipinski definition) is 0. The molecule has 0 aromatic heterocycles. The molecule has 0 rings (SSSR count). The van der Waals surface area contributed by atoms with Gasteiger partial charge in [-0.05, 0) is 30.8 Å². The van der Waals surface area contributed by atoms with Crippen LogP contribution < -0.4 is 0 Å². The van der Waals surface area contributed by atoms with E-state index in [0.29, 0.717) is 5.41 Å². The molecule has 0 amide bonds. The lowest BCUT2D eigenvalue weighted by atomic mass is 9.76. The lowest BCUT2D eigenvalue weighted by Crippen LogP contribution is -2.15. The van der Waals surface area contributed by atoms with Crippen molar-refractivity contribution in [3.8, 4) is 0 Å². The third-order valence-corrected chi connectivity index (χ3v) is 2.70. The molecule has 0 aliphatic heterocycles. The van der Waals surface area contributed by atoms with Gasteiger partial charge < -0.3 is 0 Å². The zero-order valence-corrected chi connectivity index (χ0v) is 9.91. The van der Waals surface area contributed by atoms with Crippen molar-refractivity contribution in [2.75, 3.05) is 0 Å². The van der Waals surface area contributed by atoms with E-state index in [0.717, 1.165) is 6.42 Å². The number of allylic oxidation sites excluding steroid dienone is 3. The highest BCUT2D eigenvalue weighted by Gasteiger charge is 2.22. The summed E-state index contributed by atoms with van der Waals surface area (Å²) in [7, 11) is 0. The first-order valence-corrected chi connectivity index (χ1v) is 5.34. The second-order valence-electron chi connectivity index (χ2n) is 4.29. The van der Waals surface area contributed by atoms with Crippen LogP contribution in [0, 0.1) is 5.41 Å². The summed E-state index contributed by atoms with van der Waals surface area (Å²) in [5.74, 6) is 0. The highest BCUT2D eigenvalue weighted by molar-refractivity contribution is 5.32. The van der Waals surface area contributed by atoms with Gasteiger partial charge in [-0.2, -0.15) is 0 Å². The van der Waals surface area contributed by atoms with Gasteiger partial charge in [-0.3, -0.25) is 0 Å². The molecule has 0 nitrogen and oxygen atoms in total. The van der Waals surface area contributed by atoms with Gasteiger partial charge in [-0.25, -0.2) is 0 Å². The standard InChI is InChI=1S/C13H24/c1-7-10-13(5,6)12(9-3)11(4)8-2/h9H,4,7-8,10H2,1-3,5-6H3/b12-9-. The Morgan fingerprint density at radius 2 is 1.85 bits per heavy atom. The van der Waals surface area contributed by atoms with Crippen LogP contribution in [0.3, 0.4) is 0 Å². The zero-order valence-electron chi connectivity index (χ0n) is 9.91. The molecule has 0 radical (unpaired) electrons. The molecule has 0 spiro atoms. The van der Waals surface area contributed by atoms with Gasteiger partial charge >= 0.3 is 0 Å². The largest absolute Gasteiger partial charge is 0.0956 e. The predicted molar refractivity (Wildman–Crippen MR) is 61.9 cm³/mol. The fourth-order valence-electron chi connectivity index (χ4n) is 2.02. The van der Waals surface area contributed by atoms with E-state index >= 15 is 0 Å². The zero-order chi connectivity index (χ0) is 10.5. The van der Waals surface area contributed by atoms with Crippen molar-refractivity contribution >= 4 is 0 Å². The van der Waals surface area contributed by atoms with Gasteiger partial charge in [0, 0.05) is 0 Å². The van der Waals surface area contributed by atoms with Gasteiger partial charge in [0.2, 0.25) is 0 Å². The van der Waals surface area contributed by atoms with Crippen molar-refractivity contribution in [1.29, 1.82) is 0 Å². The average molecular weight is 180 g/mol. The monoisotopic (exact) mass is 180 g/mol. The molecule has 0 bridgehead atoms. The minimum Gasteiger partial charge on any atom is -0.0956 e. The molecule has 0 atom stereocenters. The first kappa shape index (κ1) is 12.5. The lowest BCUT2D eigenvalue weighted by molar-refractivity contribution is 0.405. The topological polar surface area (TPSA) is 0 Å². The first-order chi connectivity index (χ1) is 5.99. The molecule has 76 valence electrons. The number of hydrogen-bond acceptors (Lipinski definition) is 0. The van der Waals surface area contributed by atoms with Gasteiger partial charge in [-0.15, -0.1) is 0 Å². The summed E-state index contributed by atoms with van der Waals surface area (Å²) < 4.78 is 0. The molecule has 0 heteroatoms. The van der Waals surface area contributed by atoms with Crippen molar-refractivity contribution in [2.24, 2.45) is 5.41 Å². The summed E-state index contributed by atoms with van der Waals surface area (Å²) >= 11 is 0. The van der Waals surface area contributed by atoms with Crippen molar-refractivity contribution in [2.45, 2.75) is 53.9 Å². The summed E-state index contributed by atoms with van der Waals surface area (Å²) in [6.45, 7) is 15.3. The van der Waals surface area contributed by atoms with Gasteiger partial charge in [0.05, 0.1) is 0 Å². The Labute approximate surface area is 83.7 Å². The maximum absolute atomic E-state index is 4.12. The molecule has 0 saturated carbocycles. The van der Waals surface area contributed by atoms with Crippen LogP contribution >= 0.6 is 0 Å². The fraction of sp³-hybridized carbons (Fsp3) is 0.692. The molecular formula is C13H24. The van der Waals surface area contributed by atoms with Crippen molar-refractivity contribution in [3.05, 3.63) is 23.8 Å². The van der Waals surface area contributed by atoms with Crippen molar-refractivity contribution in [1.82, 2.24) is 0 Å². The average Bonchev–Trinajstić information content (AvgIpc) is 2.04. The third kappa shape index (κ3) is 3.38.